The van der Waals surface area contributed by atoms with E-state index in [0.717, 1.165) is 19.3 Å². The zero-order valence-corrected chi connectivity index (χ0v) is 12.1. The van der Waals surface area contributed by atoms with Crippen molar-refractivity contribution in [3.63, 3.8) is 0 Å². The summed E-state index contributed by atoms with van der Waals surface area (Å²) >= 11 is 0. The monoisotopic (exact) mass is 274 g/mol. The number of amides is 1. The molecule has 0 spiro atoms. The van der Waals surface area contributed by atoms with Crippen molar-refractivity contribution >= 4 is 18.3 Å². The van der Waals surface area contributed by atoms with Crippen LogP contribution in [0, 0.1) is 5.92 Å². The first-order valence-corrected chi connectivity index (χ1v) is 7.24. The van der Waals surface area contributed by atoms with E-state index in [9.17, 15) is 4.79 Å². The SMILES string of the molecule is Cl.NC1(CNC(=O)CC2CCCCCC2)CCC1. The molecule has 0 aliphatic heterocycles. The molecule has 1 amide bonds. The fourth-order valence-corrected chi connectivity index (χ4v) is 2.98. The largest absolute Gasteiger partial charge is 0.354 e. The highest BCUT2D eigenvalue weighted by Gasteiger charge is 2.32. The minimum absolute atomic E-state index is 0. The molecule has 106 valence electrons. The van der Waals surface area contributed by atoms with Gasteiger partial charge in [-0.05, 0) is 38.0 Å². The maximum Gasteiger partial charge on any atom is 0.220 e. The Balaban J connectivity index is 0.00000162. The van der Waals surface area contributed by atoms with Crippen LogP contribution in [0.25, 0.3) is 0 Å². The van der Waals surface area contributed by atoms with Crippen LogP contribution >= 0.6 is 12.4 Å². The number of halogens is 1. The molecule has 0 radical (unpaired) electrons. The van der Waals surface area contributed by atoms with Gasteiger partial charge in [0.25, 0.3) is 0 Å². The number of carbonyl (C=O) groups is 1. The maximum atomic E-state index is 11.8. The molecular weight excluding hydrogens is 248 g/mol. The van der Waals surface area contributed by atoms with Gasteiger partial charge in [0.1, 0.15) is 0 Å². The van der Waals surface area contributed by atoms with Gasteiger partial charge in [-0.2, -0.15) is 0 Å². The average Bonchev–Trinajstić information content (AvgIpc) is 2.52. The Hall–Kier alpha value is -0.280. The van der Waals surface area contributed by atoms with Crippen LogP contribution < -0.4 is 11.1 Å². The molecule has 2 aliphatic rings. The van der Waals surface area contributed by atoms with Crippen LogP contribution in [0.4, 0.5) is 0 Å². The second-order valence-electron chi connectivity index (χ2n) is 6.05. The summed E-state index contributed by atoms with van der Waals surface area (Å²) in [5.74, 6) is 0.834. The molecule has 18 heavy (non-hydrogen) atoms. The van der Waals surface area contributed by atoms with Crippen molar-refractivity contribution in [2.75, 3.05) is 6.54 Å². The van der Waals surface area contributed by atoms with E-state index in [-0.39, 0.29) is 23.9 Å². The van der Waals surface area contributed by atoms with Gasteiger partial charge in [-0.3, -0.25) is 4.79 Å². The van der Waals surface area contributed by atoms with Crippen LogP contribution in [0.1, 0.15) is 64.2 Å². The Morgan fingerprint density at radius 3 is 2.22 bits per heavy atom. The van der Waals surface area contributed by atoms with Gasteiger partial charge >= 0.3 is 0 Å². The van der Waals surface area contributed by atoms with Gasteiger partial charge in [-0.1, -0.05) is 25.7 Å². The van der Waals surface area contributed by atoms with Gasteiger partial charge in [0.2, 0.25) is 5.91 Å². The van der Waals surface area contributed by atoms with Crippen LogP contribution in [-0.2, 0) is 4.79 Å². The van der Waals surface area contributed by atoms with Crippen LogP contribution in [0.2, 0.25) is 0 Å². The summed E-state index contributed by atoms with van der Waals surface area (Å²) in [7, 11) is 0. The fourth-order valence-electron chi connectivity index (χ4n) is 2.98. The standard InChI is InChI=1S/C14H26N2O.ClH/c15-14(8-5-9-14)11-16-13(17)10-12-6-3-1-2-4-7-12;/h12H,1-11,15H2,(H,16,17);1H. The quantitative estimate of drug-likeness (QED) is 0.775. The van der Waals surface area contributed by atoms with Crippen LogP contribution in [0.5, 0.6) is 0 Å². The summed E-state index contributed by atoms with van der Waals surface area (Å²) in [6.07, 6.45) is 11.9. The van der Waals surface area contributed by atoms with E-state index in [4.69, 9.17) is 5.73 Å². The first-order chi connectivity index (χ1) is 8.18. The number of hydrogen-bond acceptors (Lipinski definition) is 2. The average molecular weight is 275 g/mol. The summed E-state index contributed by atoms with van der Waals surface area (Å²) in [6.45, 7) is 0.679. The Bertz CT molecular complexity index is 259. The molecule has 3 N–H and O–H groups in total. The summed E-state index contributed by atoms with van der Waals surface area (Å²) in [5, 5.41) is 3.03. The molecule has 0 aromatic heterocycles. The van der Waals surface area contributed by atoms with E-state index < -0.39 is 0 Å². The lowest BCUT2D eigenvalue weighted by molar-refractivity contribution is -0.122. The molecule has 3 nitrogen and oxygen atoms in total. The van der Waals surface area contributed by atoms with Crippen molar-refractivity contribution in [3.8, 4) is 0 Å². The van der Waals surface area contributed by atoms with Crippen molar-refractivity contribution in [3.05, 3.63) is 0 Å². The second-order valence-corrected chi connectivity index (χ2v) is 6.05. The minimum Gasteiger partial charge on any atom is -0.354 e. The number of rotatable bonds is 4. The minimum atomic E-state index is -0.0842. The molecule has 0 aromatic rings. The highest BCUT2D eigenvalue weighted by molar-refractivity contribution is 5.85. The highest BCUT2D eigenvalue weighted by atomic mass is 35.5. The first kappa shape index (κ1) is 15.8. The predicted octanol–water partition coefficient (Wildman–Crippen LogP) is 2.77. The zero-order valence-electron chi connectivity index (χ0n) is 11.2. The van der Waals surface area contributed by atoms with Crippen molar-refractivity contribution in [2.45, 2.75) is 69.7 Å². The zero-order chi connectivity index (χ0) is 12.1. The summed E-state index contributed by atoms with van der Waals surface area (Å²) in [6, 6.07) is 0. The fraction of sp³-hybridized carbons (Fsp3) is 0.929. The van der Waals surface area contributed by atoms with Crippen LogP contribution in [-0.4, -0.2) is 18.0 Å². The molecule has 2 saturated carbocycles. The number of hydrogen-bond donors (Lipinski definition) is 2. The number of nitrogens with one attached hydrogen (secondary N) is 1. The topological polar surface area (TPSA) is 55.1 Å². The van der Waals surface area contributed by atoms with E-state index in [2.05, 4.69) is 5.32 Å². The molecule has 0 atom stereocenters. The predicted molar refractivity (Wildman–Crippen MR) is 76.8 cm³/mol. The third-order valence-electron chi connectivity index (χ3n) is 4.44. The summed E-state index contributed by atoms with van der Waals surface area (Å²) in [4.78, 5) is 11.8. The molecule has 2 aliphatic carbocycles. The molecule has 2 fully saturated rings. The molecule has 0 unspecified atom stereocenters. The van der Waals surface area contributed by atoms with Gasteiger partial charge in [0, 0.05) is 18.5 Å². The number of nitrogens with two attached hydrogens (primary N) is 1. The smallest absolute Gasteiger partial charge is 0.220 e. The highest BCUT2D eigenvalue weighted by Crippen LogP contribution is 2.28. The molecule has 0 aromatic carbocycles. The van der Waals surface area contributed by atoms with Crippen LogP contribution in [0.3, 0.4) is 0 Å². The van der Waals surface area contributed by atoms with Gasteiger partial charge in [-0.15, -0.1) is 12.4 Å². The van der Waals surface area contributed by atoms with Crippen molar-refractivity contribution in [1.82, 2.24) is 5.32 Å². The normalized spacial score (nSPS) is 23.4. The maximum absolute atomic E-state index is 11.8. The molecule has 4 heteroatoms. The molecule has 0 heterocycles. The molecule has 2 rings (SSSR count). The lowest BCUT2D eigenvalue weighted by Gasteiger charge is -2.38. The molecule has 0 bridgehead atoms. The van der Waals surface area contributed by atoms with Crippen molar-refractivity contribution in [1.29, 1.82) is 0 Å². The van der Waals surface area contributed by atoms with E-state index in [1.54, 1.807) is 0 Å². The second kappa shape index (κ2) is 7.34. The van der Waals surface area contributed by atoms with E-state index in [1.807, 2.05) is 0 Å². The van der Waals surface area contributed by atoms with Crippen molar-refractivity contribution < 1.29 is 4.79 Å². The lowest BCUT2D eigenvalue weighted by Crippen LogP contribution is -2.55. The Labute approximate surface area is 117 Å². The van der Waals surface area contributed by atoms with E-state index in [1.165, 1.54) is 44.9 Å². The third-order valence-corrected chi connectivity index (χ3v) is 4.44. The number of carbonyl (C=O) groups excluding carboxylic acids is 1. The summed E-state index contributed by atoms with van der Waals surface area (Å²) in [5.41, 5.74) is 6.01. The van der Waals surface area contributed by atoms with Crippen molar-refractivity contribution in [2.24, 2.45) is 11.7 Å². The van der Waals surface area contributed by atoms with E-state index >= 15 is 0 Å². The van der Waals surface area contributed by atoms with E-state index in [0.29, 0.717) is 12.5 Å². The Morgan fingerprint density at radius 1 is 1.11 bits per heavy atom. The summed E-state index contributed by atoms with van der Waals surface area (Å²) < 4.78 is 0. The molecule has 0 saturated heterocycles. The van der Waals surface area contributed by atoms with Crippen LogP contribution in [0.15, 0.2) is 0 Å². The van der Waals surface area contributed by atoms with Gasteiger partial charge in [0.05, 0.1) is 0 Å². The first-order valence-electron chi connectivity index (χ1n) is 7.24. The molecular formula is C14H27ClN2O. The van der Waals surface area contributed by atoms with Gasteiger partial charge in [-0.25, -0.2) is 0 Å². The Kier molecular flexibility index (Phi) is 6.44. The van der Waals surface area contributed by atoms with Gasteiger partial charge < -0.3 is 11.1 Å². The third kappa shape index (κ3) is 4.77. The lowest BCUT2D eigenvalue weighted by atomic mass is 9.78. The Morgan fingerprint density at radius 2 is 1.72 bits per heavy atom. The van der Waals surface area contributed by atoms with Gasteiger partial charge in [0.15, 0.2) is 0 Å².